The van der Waals surface area contributed by atoms with E-state index >= 15 is 0 Å². The maximum atomic E-state index is 10.4. The van der Waals surface area contributed by atoms with Crippen LogP contribution in [0.3, 0.4) is 0 Å². The van der Waals surface area contributed by atoms with Gasteiger partial charge in [-0.1, -0.05) is 6.58 Å². The van der Waals surface area contributed by atoms with Crippen LogP contribution in [-0.2, 0) is 9.59 Å². The summed E-state index contributed by atoms with van der Waals surface area (Å²) >= 11 is 0. The normalized spacial score (nSPS) is 11.7. The molecule has 0 rings (SSSR count). The molecule has 4 heteroatoms. The Kier molecular flexibility index (Phi) is 4.15. The molecule has 0 bridgehead atoms. The van der Waals surface area contributed by atoms with Crippen molar-refractivity contribution in [2.24, 2.45) is 5.73 Å². The van der Waals surface area contributed by atoms with E-state index in [1.165, 1.54) is 0 Å². The Morgan fingerprint density at radius 2 is 2.40 bits per heavy atom. The second-order valence-electron chi connectivity index (χ2n) is 1.75. The van der Waals surface area contributed by atoms with E-state index in [1.807, 2.05) is 0 Å². The molecule has 10 heavy (non-hydrogen) atoms. The summed E-state index contributed by atoms with van der Waals surface area (Å²) in [5.74, 6) is -0.322. The topological polar surface area (TPSA) is 72.2 Å². The second-order valence-corrected chi connectivity index (χ2v) is 1.75. The van der Waals surface area contributed by atoms with Crippen LogP contribution in [0.5, 0.6) is 0 Å². The minimum absolute atomic E-state index is 0.161. The van der Waals surface area contributed by atoms with Crippen LogP contribution in [0.1, 0.15) is 0 Å². The molecular formula is C6H10N2O2. The lowest BCUT2D eigenvalue weighted by atomic mass is 10.3. The van der Waals surface area contributed by atoms with E-state index in [2.05, 4.69) is 11.9 Å². The monoisotopic (exact) mass is 142 g/mol. The highest BCUT2D eigenvalue weighted by molar-refractivity contribution is 5.87. The molecule has 1 unspecified atom stereocenters. The smallest absolute Gasteiger partial charge is 0.243 e. The molecule has 0 saturated carbocycles. The van der Waals surface area contributed by atoms with E-state index in [0.717, 1.165) is 6.08 Å². The van der Waals surface area contributed by atoms with Crippen molar-refractivity contribution in [3.63, 3.8) is 0 Å². The largest absolute Gasteiger partial charge is 0.351 e. The molecule has 0 saturated heterocycles. The maximum absolute atomic E-state index is 10.4. The Labute approximate surface area is 59.1 Å². The third kappa shape index (κ3) is 3.80. The summed E-state index contributed by atoms with van der Waals surface area (Å²) < 4.78 is 0. The Morgan fingerprint density at radius 3 is 2.80 bits per heavy atom. The van der Waals surface area contributed by atoms with Crippen molar-refractivity contribution in [3.8, 4) is 0 Å². The summed E-state index contributed by atoms with van der Waals surface area (Å²) in [5.41, 5.74) is 5.16. The van der Waals surface area contributed by atoms with Crippen LogP contribution in [0.4, 0.5) is 0 Å². The average Bonchev–Trinajstić information content (AvgIpc) is 1.99. The summed E-state index contributed by atoms with van der Waals surface area (Å²) in [6.07, 6.45) is 1.70. The van der Waals surface area contributed by atoms with Gasteiger partial charge in [0.05, 0.1) is 6.04 Å². The third-order valence-corrected chi connectivity index (χ3v) is 0.872. The van der Waals surface area contributed by atoms with Gasteiger partial charge in [0, 0.05) is 6.54 Å². The van der Waals surface area contributed by atoms with Crippen LogP contribution in [0.2, 0.25) is 0 Å². The molecule has 0 aliphatic heterocycles. The predicted molar refractivity (Wildman–Crippen MR) is 37.2 cm³/mol. The molecule has 1 atom stereocenters. The van der Waals surface area contributed by atoms with Gasteiger partial charge in [0.2, 0.25) is 5.91 Å². The molecule has 0 aliphatic rings. The lowest BCUT2D eigenvalue weighted by molar-refractivity contribution is -0.116. The van der Waals surface area contributed by atoms with Crippen molar-refractivity contribution < 1.29 is 9.59 Å². The number of carbonyl (C=O) groups excluding carboxylic acids is 2. The molecule has 0 aromatic rings. The molecule has 0 fully saturated rings. The fourth-order valence-corrected chi connectivity index (χ4v) is 0.339. The zero-order valence-corrected chi connectivity index (χ0v) is 5.54. The van der Waals surface area contributed by atoms with E-state index in [4.69, 9.17) is 5.73 Å². The van der Waals surface area contributed by atoms with Crippen molar-refractivity contribution in [1.29, 1.82) is 0 Å². The molecule has 0 aromatic carbocycles. The fourth-order valence-electron chi connectivity index (χ4n) is 0.339. The molecule has 0 aliphatic carbocycles. The number of hydrogen-bond donors (Lipinski definition) is 2. The summed E-state index contributed by atoms with van der Waals surface area (Å²) in [6, 6.07) is -0.621. The Bertz CT molecular complexity index is 145. The molecule has 0 radical (unpaired) electrons. The molecule has 0 spiro atoms. The number of amides is 1. The Balaban J connectivity index is 3.43. The van der Waals surface area contributed by atoms with Gasteiger partial charge >= 0.3 is 0 Å². The molecule has 0 heterocycles. The zero-order chi connectivity index (χ0) is 7.98. The van der Waals surface area contributed by atoms with Gasteiger partial charge in [-0.25, -0.2) is 0 Å². The van der Waals surface area contributed by atoms with E-state index in [1.54, 1.807) is 0 Å². The Morgan fingerprint density at radius 1 is 1.80 bits per heavy atom. The first-order chi connectivity index (χ1) is 4.70. The van der Waals surface area contributed by atoms with Gasteiger partial charge in [0.1, 0.15) is 6.29 Å². The van der Waals surface area contributed by atoms with Gasteiger partial charge in [0.25, 0.3) is 0 Å². The Hall–Kier alpha value is -1.16. The van der Waals surface area contributed by atoms with Crippen LogP contribution in [-0.4, -0.2) is 24.8 Å². The van der Waals surface area contributed by atoms with E-state index in [9.17, 15) is 9.59 Å². The highest BCUT2D eigenvalue weighted by Gasteiger charge is 1.99. The van der Waals surface area contributed by atoms with Gasteiger partial charge in [0.15, 0.2) is 0 Å². The van der Waals surface area contributed by atoms with Gasteiger partial charge < -0.3 is 15.8 Å². The van der Waals surface area contributed by atoms with Gasteiger partial charge in [-0.3, -0.25) is 4.79 Å². The number of nitrogens with one attached hydrogen (secondary N) is 1. The quantitative estimate of drug-likeness (QED) is 0.383. The van der Waals surface area contributed by atoms with Crippen LogP contribution in [0.25, 0.3) is 0 Å². The van der Waals surface area contributed by atoms with Gasteiger partial charge in [-0.15, -0.1) is 0 Å². The zero-order valence-electron chi connectivity index (χ0n) is 5.54. The standard InChI is InChI=1S/C6H10N2O2/c1-2-6(10)8-3-5(7)4-9/h2,4-5H,1,3,7H2,(H,8,10). The predicted octanol–water partition coefficient (Wildman–Crippen LogP) is -1.19. The van der Waals surface area contributed by atoms with Gasteiger partial charge in [-0.2, -0.15) is 0 Å². The highest BCUT2D eigenvalue weighted by Crippen LogP contribution is 1.69. The molecule has 3 N–H and O–H groups in total. The second kappa shape index (κ2) is 4.69. The third-order valence-electron chi connectivity index (χ3n) is 0.872. The van der Waals surface area contributed by atoms with E-state index < -0.39 is 6.04 Å². The van der Waals surface area contributed by atoms with Crippen LogP contribution >= 0.6 is 0 Å². The number of rotatable bonds is 4. The summed E-state index contributed by atoms with van der Waals surface area (Å²) in [7, 11) is 0. The first kappa shape index (κ1) is 8.84. The lowest BCUT2D eigenvalue weighted by Gasteiger charge is -2.02. The van der Waals surface area contributed by atoms with Crippen LogP contribution in [0, 0.1) is 0 Å². The van der Waals surface area contributed by atoms with E-state index in [0.29, 0.717) is 6.29 Å². The number of aldehydes is 1. The first-order valence-corrected chi connectivity index (χ1v) is 2.82. The molecule has 0 aromatic heterocycles. The van der Waals surface area contributed by atoms with E-state index in [-0.39, 0.29) is 12.5 Å². The summed E-state index contributed by atoms with van der Waals surface area (Å²) in [5, 5.41) is 2.37. The van der Waals surface area contributed by atoms with Crippen molar-refractivity contribution in [1.82, 2.24) is 5.32 Å². The van der Waals surface area contributed by atoms with Crippen molar-refractivity contribution in [2.75, 3.05) is 6.54 Å². The number of nitrogens with two attached hydrogens (primary N) is 1. The van der Waals surface area contributed by atoms with Crippen LogP contribution < -0.4 is 11.1 Å². The lowest BCUT2D eigenvalue weighted by Crippen LogP contribution is -2.37. The SMILES string of the molecule is C=CC(=O)NCC(N)C=O. The molecule has 56 valence electrons. The minimum Gasteiger partial charge on any atom is -0.351 e. The van der Waals surface area contributed by atoms with Gasteiger partial charge in [-0.05, 0) is 6.08 Å². The van der Waals surface area contributed by atoms with Crippen molar-refractivity contribution in [2.45, 2.75) is 6.04 Å². The first-order valence-electron chi connectivity index (χ1n) is 2.82. The summed E-state index contributed by atoms with van der Waals surface area (Å²) in [6.45, 7) is 3.38. The number of carbonyl (C=O) groups is 2. The van der Waals surface area contributed by atoms with Crippen molar-refractivity contribution >= 4 is 12.2 Å². The highest BCUT2D eigenvalue weighted by atomic mass is 16.1. The molecule has 1 amide bonds. The number of hydrogen-bond acceptors (Lipinski definition) is 3. The molecule has 4 nitrogen and oxygen atoms in total. The molecular weight excluding hydrogens is 132 g/mol. The fraction of sp³-hybridized carbons (Fsp3) is 0.333. The van der Waals surface area contributed by atoms with Crippen LogP contribution in [0.15, 0.2) is 12.7 Å². The maximum Gasteiger partial charge on any atom is 0.243 e. The van der Waals surface area contributed by atoms with Crippen molar-refractivity contribution in [3.05, 3.63) is 12.7 Å². The summed E-state index contributed by atoms with van der Waals surface area (Å²) in [4.78, 5) is 20.3. The average molecular weight is 142 g/mol. The minimum atomic E-state index is -0.621.